The molecule has 1 unspecified atom stereocenters. The second kappa shape index (κ2) is 6.63. The highest BCUT2D eigenvalue weighted by molar-refractivity contribution is 9.10. The Morgan fingerprint density at radius 2 is 2.00 bits per heavy atom. The van der Waals surface area contributed by atoms with Gasteiger partial charge < -0.3 is 5.32 Å². The van der Waals surface area contributed by atoms with Gasteiger partial charge in [0.2, 0.25) is 0 Å². The van der Waals surface area contributed by atoms with Crippen LogP contribution in [0.1, 0.15) is 17.5 Å². The summed E-state index contributed by atoms with van der Waals surface area (Å²) in [4.78, 5) is 2.52. The number of hydrogen-bond donors (Lipinski definition) is 1. The number of nitrogens with one attached hydrogen (secondary N) is 1. The highest BCUT2D eigenvalue weighted by atomic mass is 79.9. The molecule has 2 nitrogen and oxygen atoms in total. The van der Waals surface area contributed by atoms with Gasteiger partial charge in [0.05, 0.1) is 0 Å². The summed E-state index contributed by atoms with van der Waals surface area (Å²) < 4.78 is 1.16. The lowest BCUT2D eigenvalue weighted by Crippen LogP contribution is -2.26. The summed E-state index contributed by atoms with van der Waals surface area (Å²) in [6, 6.07) is 17.7. The lowest BCUT2D eigenvalue weighted by molar-refractivity contribution is 0.328. The molecule has 3 rings (SSSR count). The van der Waals surface area contributed by atoms with Crippen LogP contribution < -0.4 is 5.32 Å². The maximum Gasteiger partial charge on any atom is 0.0487 e. The van der Waals surface area contributed by atoms with E-state index in [2.05, 4.69) is 81.6 Å². The summed E-state index contributed by atoms with van der Waals surface area (Å²) in [5.74, 6) is 0. The van der Waals surface area contributed by atoms with Gasteiger partial charge in [-0.2, -0.15) is 0 Å². The fraction of sp³-hybridized carbons (Fsp3) is 0.333. The second-order valence-corrected chi connectivity index (χ2v) is 6.69. The molecule has 0 spiro atoms. The minimum absolute atomic E-state index is 0.535. The Balaban J connectivity index is 1.57. The van der Waals surface area contributed by atoms with Gasteiger partial charge in [-0.15, -0.1) is 0 Å². The van der Waals surface area contributed by atoms with Gasteiger partial charge in [-0.3, -0.25) is 4.90 Å². The molecule has 0 amide bonds. The largest absolute Gasteiger partial charge is 0.380 e. The summed E-state index contributed by atoms with van der Waals surface area (Å²) in [7, 11) is 0. The maximum atomic E-state index is 3.66. The van der Waals surface area contributed by atoms with Gasteiger partial charge >= 0.3 is 0 Å². The summed E-state index contributed by atoms with van der Waals surface area (Å²) in [6.07, 6.45) is 1.20. The Morgan fingerprint density at radius 3 is 2.76 bits per heavy atom. The van der Waals surface area contributed by atoms with Crippen molar-refractivity contribution in [1.82, 2.24) is 4.90 Å². The molecule has 1 saturated heterocycles. The molecule has 1 N–H and O–H groups in total. The van der Waals surface area contributed by atoms with Crippen molar-refractivity contribution in [3.05, 3.63) is 64.1 Å². The van der Waals surface area contributed by atoms with Crippen LogP contribution >= 0.6 is 15.9 Å². The van der Waals surface area contributed by atoms with Gasteiger partial charge in [0.1, 0.15) is 0 Å². The minimum atomic E-state index is 0.535. The highest BCUT2D eigenvalue weighted by Crippen LogP contribution is 2.26. The normalized spacial score (nSPS) is 18.9. The van der Waals surface area contributed by atoms with E-state index in [1.807, 2.05) is 0 Å². The van der Waals surface area contributed by atoms with Crippen molar-refractivity contribution in [3.8, 4) is 0 Å². The summed E-state index contributed by atoms with van der Waals surface area (Å²) in [5, 5.41) is 3.66. The van der Waals surface area contributed by atoms with E-state index in [4.69, 9.17) is 0 Å². The van der Waals surface area contributed by atoms with Crippen molar-refractivity contribution in [3.63, 3.8) is 0 Å². The van der Waals surface area contributed by atoms with E-state index >= 15 is 0 Å². The first-order chi connectivity index (χ1) is 10.2. The minimum Gasteiger partial charge on any atom is -0.380 e. The third kappa shape index (κ3) is 3.86. The molecule has 0 aromatic heterocycles. The third-order valence-electron chi connectivity index (χ3n) is 4.01. The molecule has 0 bridgehead atoms. The van der Waals surface area contributed by atoms with Gasteiger partial charge in [0.25, 0.3) is 0 Å². The number of hydrogen-bond acceptors (Lipinski definition) is 2. The number of aryl methyl sites for hydroxylation is 1. The predicted molar refractivity (Wildman–Crippen MR) is 92.6 cm³/mol. The first-order valence-electron chi connectivity index (χ1n) is 7.50. The Hall–Kier alpha value is -1.32. The summed E-state index contributed by atoms with van der Waals surface area (Å²) in [5.41, 5.74) is 3.88. The van der Waals surface area contributed by atoms with Gasteiger partial charge in [-0.05, 0) is 52.5 Å². The SMILES string of the molecule is Cc1ccc(NC2CCN(Cc3ccccc3)C2)c(Br)c1. The van der Waals surface area contributed by atoms with Crippen LogP contribution in [0.4, 0.5) is 5.69 Å². The van der Waals surface area contributed by atoms with Crippen LogP contribution in [0.2, 0.25) is 0 Å². The van der Waals surface area contributed by atoms with Crippen molar-refractivity contribution in [2.75, 3.05) is 18.4 Å². The molecule has 0 saturated carbocycles. The van der Waals surface area contributed by atoms with E-state index in [1.165, 1.54) is 23.2 Å². The molecule has 0 radical (unpaired) electrons. The smallest absolute Gasteiger partial charge is 0.0487 e. The van der Waals surface area contributed by atoms with Crippen molar-refractivity contribution in [2.24, 2.45) is 0 Å². The molecule has 2 aromatic carbocycles. The number of benzene rings is 2. The van der Waals surface area contributed by atoms with E-state index in [0.717, 1.165) is 24.1 Å². The summed E-state index contributed by atoms with van der Waals surface area (Å²) in [6.45, 7) is 5.44. The van der Waals surface area contributed by atoms with Crippen LogP contribution in [0.3, 0.4) is 0 Å². The van der Waals surface area contributed by atoms with Crippen LogP contribution in [0.25, 0.3) is 0 Å². The lowest BCUT2D eigenvalue weighted by Gasteiger charge is -2.18. The fourth-order valence-corrected chi connectivity index (χ4v) is 3.50. The molecule has 1 aliphatic heterocycles. The number of likely N-dealkylation sites (tertiary alicyclic amines) is 1. The molecule has 1 aliphatic rings. The second-order valence-electron chi connectivity index (χ2n) is 5.83. The first-order valence-corrected chi connectivity index (χ1v) is 8.29. The highest BCUT2D eigenvalue weighted by Gasteiger charge is 2.22. The summed E-state index contributed by atoms with van der Waals surface area (Å²) >= 11 is 3.65. The number of halogens is 1. The van der Waals surface area contributed by atoms with E-state index in [0.29, 0.717) is 6.04 Å². The fourth-order valence-electron chi connectivity index (χ4n) is 2.89. The predicted octanol–water partition coefficient (Wildman–Crippen LogP) is 4.44. The average molecular weight is 345 g/mol. The Kier molecular flexibility index (Phi) is 4.61. The van der Waals surface area contributed by atoms with Crippen LogP contribution in [0, 0.1) is 6.92 Å². The van der Waals surface area contributed by atoms with E-state index < -0.39 is 0 Å². The molecule has 21 heavy (non-hydrogen) atoms. The average Bonchev–Trinajstić information content (AvgIpc) is 2.90. The Morgan fingerprint density at radius 1 is 1.19 bits per heavy atom. The van der Waals surface area contributed by atoms with Gasteiger partial charge in [0, 0.05) is 35.8 Å². The molecule has 110 valence electrons. The van der Waals surface area contributed by atoms with Crippen LogP contribution in [0.15, 0.2) is 53.0 Å². The third-order valence-corrected chi connectivity index (χ3v) is 4.66. The van der Waals surface area contributed by atoms with Gasteiger partial charge in [0.15, 0.2) is 0 Å². The molecule has 1 heterocycles. The van der Waals surface area contributed by atoms with Crippen LogP contribution in [-0.2, 0) is 6.54 Å². The molecular formula is C18H21BrN2. The topological polar surface area (TPSA) is 15.3 Å². The quantitative estimate of drug-likeness (QED) is 0.881. The Labute approximate surface area is 135 Å². The molecule has 1 atom stereocenters. The van der Waals surface area contributed by atoms with Crippen molar-refractivity contribution >= 4 is 21.6 Å². The van der Waals surface area contributed by atoms with E-state index in [9.17, 15) is 0 Å². The zero-order valence-electron chi connectivity index (χ0n) is 12.3. The molecule has 0 aliphatic carbocycles. The molecule has 3 heteroatoms. The van der Waals surface area contributed by atoms with E-state index in [-0.39, 0.29) is 0 Å². The first kappa shape index (κ1) is 14.6. The van der Waals surface area contributed by atoms with Crippen LogP contribution in [-0.4, -0.2) is 24.0 Å². The standard InChI is InChI=1S/C18H21BrN2/c1-14-7-8-18(17(19)11-14)20-16-9-10-21(13-16)12-15-5-3-2-4-6-15/h2-8,11,16,20H,9-10,12-13H2,1H3. The molecule has 1 fully saturated rings. The number of anilines is 1. The number of rotatable bonds is 4. The van der Waals surface area contributed by atoms with Crippen LogP contribution in [0.5, 0.6) is 0 Å². The van der Waals surface area contributed by atoms with Crippen molar-refractivity contribution in [2.45, 2.75) is 25.9 Å². The van der Waals surface area contributed by atoms with Crippen molar-refractivity contribution in [1.29, 1.82) is 0 Å². The molecular weight excluding hydrogens is 324 g/mol. The Bertz CT molecular complexity index is 597. The number of nitrogens with zero attached hydrogens (tertiary/aromatic N) is 1. The maximum absolute atomic E-state index is 3.66. The van der Waals surface area contributed by atoms with E-state index in [1.54, 1.807) is 0 Å². The van der Waals surface area contributed by atoms with Crippen molar-refractivity contribution < 1.29 is 0 Å². The zero-order valence-corrected chi connectivity index (χ0v) is 13.9. The van der Waals surface area contributed by atoms with Gasteiger partial charge in [-0.25, -0.2) is 0 Å². The monoisotopic (exact) mass is 344 g/mol. The molecule has 2 aromatic rings. The van der Waals surface area contributed by atoms with Gasteiger partial charge in [-0.1, -0.05) is 36.4 Å². The lowest BCUT2D eigenvalue weighted by atomic mass is 10.2. The zero-order chi connectivity index (χ0) is 14.7.